The summed E-state index contributed by atoms with van der Waals surface area (Å²) in [5, 5.41) is 35.2. The van der Waals surface area contributed by atoms with E-state index in [1.54, 1.807) is 31.2 Å². The molecule has 0 aromatic heterocycles. The number of aromatic hydroxyl groups is 1. The molecule has 0 aliphatic heterocycles. The summed E-state index contributed by atoms with van der Waals surface area (Å²) < 4.78 is 0. The zero-order valence-electron chi connectivity index (χ0n) is 14.9. The van der Waals surface area contributed by atoms with Crippen molar-refractivity contribution in [3.8, 4) is 17.9 Å². The summed E-state index contributed by atoms with van der Waals surface area (Å²) in [7, 11) is 0. The number of nitrogens with zero attached hydrogens (tertiary/aromatic N) is 2. The molecule has 1 aromatic rings. The molecule has 0 bridgehead atoms. The lowest BCUT2D eigenvalue weighted by molar-refractivity contribution is 0.435. The molecule has 0 aliphatic rings. The number of nitriles is 2. The smallest absolute Gasteiger partial charge is 0.115 e. The maximum absolute atomic E-state index is 9.07. The normalized spacial score (nSPS) is 12.5. The number of aliphatic hydroxyl groups is 1. The average molecular weight is 336 g/mol. The minimum Gasteiger partial charge on any atom is -0.509 e. The molecule has 130 valence electrons. The molecule has 0 amide bonds. The van der Waals surface area contributed by atoms with E-state index in [9.17, 15) is 0 Å². The fraction of sp³-hybridized carbons (Fsp3) is 0.238. The molecule has 0 aliphatic carbocycles. The van der Waals surface area contributed by atoms with E-state index in [2.05, 4.69) is 19.6 Å². The van der Waals surface area contributed by atoms with E-state index in [0.29, 0.717) is 5.57 Å². The molecule has 0 saturated carbocycles. The van der Waals surface area contributed by atoms with Crippen molar-refractivity contribution in [1.82, 2.24) is 0 Å². The molecule has 1 unspecified atom stereocenters. The molecule has 4 nitrogen and oxygen atoms in total. The summed E-state index contributed by atoms with van der Waals surface area (Å²) in [4.78, 5) is 0. The van der Waals surface area contributed by atoms with Gasteiger partial charge >= 0.3 is 0 Å². The van der Waals surface area contributed by atoms with Crippen LogP contribution in [0.5, 0.6) is 5.75 Å². The SMILES string of the molecule is C=C(O)/C=C\C(C)=C/CC.CC(C#N)/C(C#N)=C/c1ccc(O)cc1. The highest BCUT2D eigenvalue weighted by Gasteiger charge is 2.06. The van der Waals surface area contributed by atoms with Gasteiger partial charge in [-0.3, -0.25) is 0 Å². The van der Waals surface area contributed by atoms with Gasteiger partial charge in [0.1, 0.15) is 11.5 Å². The van der Waals surface area contributed by atoms with Gasteiger partial charge in [-0.2, -0.15) is 10.5 Å². The standard InChI is InChI=1S/C12H10N2O.C9H14O/c1-9(7-13)11(8-14)6-10-2-4-12(15)5-3-10;1-4-5-8(2)6-7-9(3)10/h2-6,9,15H,1H3;5-7,10H,3-4H2,1-2H3/b11-6+;7-6-,8-5-. The number of hydrogen-bond acceptors (Lipinski definition) is 4. The molecule has 0 saturated heterocycles. The maximum Gasteiger partial charge on any atom is 0.115 e. The summed E-state index contributed by atoms with van der Waals surface area (Å²) >= 11 is 0. The fourth-order valence-electron chi connectivity index (χ4n) is 1.69. The van der Waals surface area contributed by atoms with Crippen LogP contribution >= 0.6 is 0 Å². The van der Waals surface area contributed by atoms with E-state index in [-0.39, 0.29) is 11.5 Å². The molecule has 1 rings (SSSR count). The lowest BCUT2D eigenvalue weighted by atomic mass is 10.0. The van der Waals surface area contributed by atoms with Gasteiger partial charge in [0.25, 0.3) is 0 Å². The van der Waals surface area contributed by atoms with Crippen LogP contribution in [0, 0.1) is 28.6 Å². The van der Waals surface area contributed by atoms with Crippen molar-refractivity contribution < 1.29 is 10.2 Å². The second-order valence-corrected chi connectivity index (χ2v) is 5.33. The topological polar surface area (TPSA) is 88.0 Å². The molecule has 0 heterocycles. The first-order valence-electron chi connectivity index (χ1n) is 7.87. The Morgan fingerprint density at radius 2 is 1.84 bits per heavy atom. The van der Waals surface area contributed by atoms with Crippen LogP contribution in [0.4, 0.5) is 0 Å². The van der Waals surface area contributed by atoms with Gasteiger partial charge in [-0.1, -0.05) is 43.4 Å². The van der Waals surface area contributed by atoms with Crippen molar-refractivity contribution in [2.75, 3.05) is 0 Å². The Balaban J connectivity index is 0.000000504. The summed E-state index contributed by atoms with van der Waals surface area (Å²) in [6, 6.07) is 10.5. The van der Waals surface area contributed by atoms with Crippen LogP contribution in [0.25, 0.3) is 6.08 Å². The van der Waals surface area contributed by atoms with E-state index < -0.39 is 5.92 Å². The number of rotatable bonds is 5. The van der Waals surface area contributed by atoms with Gasteiger partial charge in [0, 0.05) is 5.57 Å². The minimum absolute atomic E-state index is 0.101. The van der Waals surface area contributed by atoms with Crippen LogP contribution in [0.1, 0.15) is 32.8 Å². The molecule has 2 N–H and O–H groups in total. The lowest BCUT2D eigenvalue weighted by Crippen LogP contribution is -1.92. The van der Waals surface area contributed by atoms with E-state index in [1.165, 1.54) is 12.1 Å². The largest absolute Gasteiger partial charge is 0.509 e. The van der Waals surface area contributed by atoms with Gasteiger partial charge in [0.05, 0.1) is 18.1 Å². The van der Waals surface area contributed by atoms with Crippen LogP contribution in [-0.2, 0) is 0 Å². The first kappa shape index (κ1) is 21.8. The van der Waals surface area contributed by atoms with Gasteiger partial charge in [0.15, 0.2) is 0 Å². The van der Waals surface area contributed by atoms with E-state index in [4.69, 9.17) is 20.7 Å². The molecule has 25 heavy (non-hydrogen) atoms. The highest BCUT2D eigenvalue weighted by molar-refractivity contribution is 5.59. The Morgan fingerprint density at radius 3 is 2.28 bits per heavy atom. The van der Waals surface area contributed by atoms with Crippen LogP contribution in [-0.4, -0.2) is 10.2 Å². The predicted octanol–water partition coefficient (Wildman–Crippen LogP) is 5.43. The lowest BCUT2D eigenvalue weighted by Gasteiger charge is -2.00. The second kappa shape index (κ2) is 12.2. The monoisotopic (exact) mass is 336 g/mol. The summed E-state index contributed by atoms with van der Waals surface area (Å²) in [6.45, 7) is 9.07. The summed E-state index contributed by atoms with van der Waals surface area (Å²) in [6.07, 6.45) is 8.17. The molecule has 1 atom stereocenters. The van der Waals surface area contributed by atoms with Gasteiger partial charge in [-0.15, -0.1) is 0 Å². The first-order valence-corrected chi connectivity index (χ1v) is 7.87. The molecule has 0 radical (unpaired) electrons. The van der Waals surface area contributed by atoms with Crippen molar-refractivity contribution >= 4 is 6.08 Å². The Hall–Kier alpha value is -3.24. The average Bonchev–Trinajstić information content (AvgIpc) is 2.59. The van der Waals surface area contributed by atoms with Crippen LogP contribution in [0.2, 0.25) is 0 Å². The zero-order valence-corrected chi connectivity index (χ0v) is 14.9. The highest BCUT2D eigenvalue weighted by atomic mass is 16.3. The van der Waals surface area contributed by atoms with E-state index in [0.717, 1.165) is 17.6 Å². The van der Waals surface area contributed by atoms with Crippen molar-refractivity contribution in [2.45, 2.75) is 27.2 Å². The third-order valence-electron chi connectivity index (χ3n) is 3.07. The highest BCUT2D eigenvalue weighted by Crippen LogP contribution is 2.16. The number of benzene rings is 1. The van der Waals surface area contributed by atoms with Crippen molar-refractivity contribution in [2.24, 2.45) is 5.92 Å². The predicted molar refractivity (Wildman–Crippen MR) is 101 cm³/mol. The van der Waals surface area contributed by atoms with Crippen molar-refractivity contribution in [3.63, 3.8) is 0 Å². The van der Waals surface area contributed by atoms with Crippen LogP contribution < -0.4 is 0 Å². The van der Waals surface area contributed by atoms with Gasteiger partial charge in [-0.25, -0.2) is 0 Å². The summed E-state index contributed by atoms with van der Waals surface area (Å²) in [5.74, 6) is -0.133. The second-order valence-electron chi connectivity index (χ2n) is 5.33. The Bertz CT molecular complexity index is 727. The third kappa shape index (κ3) is 10.2. The molecular formula is C21H24N2O2. The maximum atomic E-state index is 9.07. The number of aliphatic hydroxyl groups excluding tert-OH is 1. The number of allylic oxidation sites excluding steroid dienone is 5. The first-order chi connectivity index (χ1) is 11.8. The summed E-state index contributed by atoms with van der Waals surface area (Å²) in [5.41, 5.74) is 2.37. The van der Waals surface area contributed by atoms with Gasteiger partial charge < -0.3 is 10.2 Å². The quantitative estimate of drug-likeness (QED) is 0.426. The van der Waals surface area contributed by atoms with E-state index >= 15 is 0 Å². The Kier molecular flexibility index (Phi) is 10.6. The number of phenols is 1. The van der Waals surface area contributed by atoms with Gasteiger partial charge in [0.2, 0.25) is 0 Å². The molecule has 0 spiro atoms. The van der Waals surface area contributed by atoms with Crippen molar-refractivity contribution in [3.05, 3.63) is 71.5 Å². The van der Waals surface area contributed by atoms with Gasteiger partial charge in [-0.05, 0) is 50.1 Å². The molecule has 4 heteroatoms. The Labute approximate surface area is 150 Å². The third-order valence-corrected chi connectivity index (χ3v) is 3.07. The van der Waals surface area contributed by atoms with Crippen LogP contribution in [0.3, 0.4) is 0 Å². The fourth-order valence-corrected chi connectivity index (χ4v) is 1.69. The zero-order chi connectivity index (χ0) is 19.2. The van der Waals surface area contributed by atoms with Crippen LogP contribution in [0.15, 0.2) is 66.0 Å². The number of phenolic OH excluding ortho intramolecular Hbond substituents is 1. The molecular weight excluding hydrogens is 312 g/mol. The molecule has 0 fully saturated rings. The Morgan fingerprint density at radius 1 is 1.24 bits per heavy atom. The number of hydrogen-bond donors (Lipinski definition) is 2. The van der Waals surface area contributed by atoms with Crippen molar-refractivity contribution in [1.29, 1.82) is 10.5 Å². The molecule has 1 aromatic carbocycles. The minimum atomic E-state index is -0.413. The van der Waals surface area contributed by atoms with E-state index in [1.807, 2.05) is 25.1 Å².